The number of hydrogen-bond donors (Lipinski definition) is 1. The average molecular weight is 511 g/mol. The van der Waals surface area contributed by atoms with Crippen molar-refractivity contribution >= 4 is 29.1 Å². The molecule has 0 fully saturated rings. The Morgan fingerprint density at radius 3 is 2.41 bits per heavy atom. The van der Waals surface area contributed by atoms with Crippen LogP contribution in [-0.4, -0.2) is 34.0 Å². The van der Waals surface area contributed by atoms with Gasteiger partial charge in [0.05, 0.1) is 17.3 Å². The van der Waals surface area contributed by atoms with Gasteiger partial charge in [0.15, 0.2) is 5.15 Å². The Kier molecular flexibility index (Phi) is 7.21. The van der Waals surface area contributed by atoms with Gasteiger partial charge >= 0.3 is 6.18 Å². The lowest BCUT2D eigenvalue weighted by Gasteiger charge is -2.41. The van der Waals surface area contributed by atoms with Crippen molar-refractivity contribution in [1.29, 1.82) is 0 Å². The molecule has 4 rings (SSSR count). The minimum absolute atomic E-state index is 0.166. The van der Waals surface area contributed by atoms with E-state index in [1.165, 1.54) is 12.1 Å². The van der Waals surface area contributed by atoms with Crippen molar-refractivity contribution in [3.63, 3.8) is 0 Å². The van der Waals surface area contributed by atoms with Crippen LogP contribution in [0.2, 0.25) is 10.4 Å². The molecular formula is C24H23Cl2F3N4O. The van der Waals surface area contributed by atoms with Gasteiger partial charge in [-0.15, -0.1) is 0 Å². The third-order valence-electron chi connectivity index (χ3n) is 6.14. The second kappa shape index (κ2) is 9.98. The van der Waals surface area contributed by atoms with Crippen LogP contribution in [0.15, 0.2) is 54.6 Å². The fourth-order valence-corrected chi connectivity index (χ4v) is 5.12. The van der Waals surface area contributed by atoms with E-state index in [4.69, 9.17) is 23.2 Å². The number of aromatic nitrogens is 2. The first kappa shape index (κ1) is 24.6. The lowest BCUT2D eigenvalue weighted by Crippen LogP contribution is -2.46. The van der Waals surface area contributed by atoms with Crippen LogP contribution < -0.4 is 5.32 Å². The highest BCUT2D eigenvalue weighted by molar-refractivity contribution is 6.33. The van der Waals surface area contributed by atoms with E-state index in [2.05, 4.69) is 15.2 Å². The number of nitrogens with zero attached hydrogens (tertiary/aromatic N) is 3. The topological polar surface area (TPSA) is 50.2 Å². The Hall–Kier alpha value is -2.55. The fraction of sp³-hybridized carbons (Fsp3) is 0.333. The second-order valence-electron chi connectivity index (χ2n) is 8.12. The van der Waals surface area contributed by atoms with Crippen molar-refractivity contribution in [3.8, 4) is 0 Å². The molecule has 0 saturated heterocycles. The molecule has 1 unspecified atom stereocenters. The third kappa shape index (κ3) is 4.94. The molecular weight excluding hydrogens is 488 g/mol. The number of imidazole rings is 1. The van der Waals surface area contributed by atoms with E-state index in [1.807, 2.05) is 34.9 Å². The number of amides is 1. The summed E-state index contributed by atoms with van der Waals surface area (Å²) < 4.78 is 40.6. The average Bonchev–Trinajstić information content (AvgIpc) is 3.12. The van der Waals surface area contributed by atoms with Crippen molar-refractivity contribution in [2.75, 3.05) is 13.6 Å². The normalized spacial score (nSPS) is 17.3. The van der Waals surface area contributed by atoms with Gasteiger partial charge in [0.2, 0.25) is 11.2 Å². The molecule has 1 aliphatic heterocycles. The van der Waals surface area contributed by atoms with Crippen LogP contribution >= 0.6 is 23.2 Å². The molecule has 2 aromatic carbocycles. The number of carbonyl (C=O) groups excluding carboxylic acids is 1. The van der Waals surface area contributed by atoms with Gasteiger partial charge in [-0.05, 0) is 47.7 Å². The smallest absolute Gasteiger partial charge is 0.358 e. The number of halogens is 5. The van der Waals surface area contributed by atoms with Crippen LogP contribution in [-0.2, 0) is 23.9 Å². The van der Waals surface area contributed by atoms with Gasteiger partial charge in [0.1, 0.15) is 6.04 Å². The number of aryl methyl sites for hydroxylation is 1. The van der Waals surface area contributed by atoms with Gasteiger partial charge < -0.3 is 9.88 Å². The maximum absolute atomic E-state index is 13.0. The van der Waals surface area contributed by atoms with Gasteiger partial charge in [0, 0.05) is 20.1 Å². The highest BCUT2D eigenvalue weighted by Crippen LogP contribution is 2.41. The molecule has 34 heavy (non-hydrogen) atoms. The lowest BCUT2D eigenvalue weighted by molar-refractivity contribution is -0.137. The molecule has 1 aromatic heterocycles. The molecule has 1 aliphatic rings. The summed E-state index contributed by atoms with van der Waals surface area (Å²) in [4.78, 5) is 19.3. The van der Waals surface area contributed by atoms with E-state index in [-0.39, 0.29) is 22.4 Å². The highest BCUT2D eigenvalue weighted by atomic mass is 35.5. The largest absolute Gasteiger partial charge is 0.416 e. The zero-order chi connectivity index (χ0) is 24.5. The second-order valence-corrected chi connectivity index (χ2v) is 8.82. The predicted octanol–water partition coefficient (Wildman–Crippen LogP) is 5.69. The van der Waals surface area contributed by atoms with Gasteiger partial charge in [-0.3, -0.25) is 9.69 Å². The van der Waals surface area contributed by atoms with Crippen molar-refractivity contribution in [2.45, 2.75) is 37.6 Å². The summed E-state index contributed by atoms with van der Waals surface area (Å²) >= 11 is 12.8. The van der Waals surface area contributed by atoms with Crippen LogP contribution in [0.5, 0.6) is 0 Å². The van der Waals surface area contributed by atoms with E-state index >= 15 is 0 Å². The first-order valence-corrected chi connectivity index (χ1v) is 11.6. The molecule has 180 valence electrons. The minimum atomic E-state index is -4.38. The van der Waals surface area contributed by atoms with E-state index < -0.39 is 17.8 Å². The molecule has 0 radical (unpaired) electrons. The van der Waals surface area contributed by atoms with Crippen molar-refractivity contribution in [1.82, 2.24) is 19.8 Å². The molecule has 10 heteroatoms. The summed E-state index contributed by atoms with van der Waals surface area (Å²) in [7, 11) is 1.59. The van der Waals surface area contributed by atoms with Gasteiger partial charge in [-0.1, -0.05) is 54.1 Å². The first-order chi connectivity index (χ1) is 16.2. The Morgan fingerprint density at radius 1 is 1.12 bits per heavy atom. The van der Waals surface area contributed by atoms with Gasteiger partial charge in [0.25, 0.3) is 0 Å². The predicted molar refractivity (Wildman–Crippen MR) is 125 cm³/mol. The quantitative estimate of drug-likeness (QED) is 0.463. The summed E-state index contributed by atoms with van der Waals surface area (Å²) in [6.45, 7) is 1.02. The molecule has 5 nitrogen and oxygen atoms in total. The van der Waals surface area contributed by atoms with Crippen LogP contribution in [0.3, 0.4) is 0 Å². The monoisotopic (exact) mass is 510 g/mol. The number of benzene rings is 2. The first-order valence-electron chi connectivity index (χ1n) is 10.8. The van der Waals surface area contributed by atoms with Crippen LogP contribution in [0.4, 0.5) is 13.2 Å². The molecule has 1 N–H and O–H groups in total. The number of carbonyl (C=O) groups is 1. The van der Waals surface area contributed by atoms with E-state index in [0.29, 0.717) is 31.6 Å². The van der Waals surface area contributed by atoms with Crippen LogP contribution in [0, 0.1) is 0 Å². The molecule has 3 aromatic rings. The highest BCUT2D eigenvalue weighted by Gasteiger charge is 2.39. The van der Waals surface area contributed by atoms with E-state index in [1.54, 1.807) is 7.05 Å². The zero-order valence-corrected chi connectivity index (χ0v) is 19.8. The molecule has 0 aliphatic carbocycles. The molecule has 2 atom stereocenters. The third-order valence-corrected chi connectivity index (χ3v) is 6.71. The number of hydrogen-bond acceptors (Lipinski definition) is 3. The van der Waals surface area contributed by atoms with Crippen molar-refractivity contribution in [2.24, 2.45) is 0 Å². The maximum atomic E-state index is 13.0. The number of fused-ring (bicyclic) bond motifs is 1. The van der Waals surface area contributed by atoms with Crippen LogP contribution in [0.25, 0.3) is 0 Å². The molecule has 0 bridgehead atoms. The number of likely N-dealkylation sites (N-methyl/N-ethyl adjacent to an activating group) is 1. The van der Waals surface area contributed by atoms with E-state index in [0.717, 1.165) is 23.3 Å². The summed E-state index contributed by atoms with van der Waals surface area (Å²) in [5.41, 5.74) is 1.60. The SMILES string of the molecule is CNC(=O)[C@@H](c1ccccc1)N1CCn2c(Cl)nc(Cl)c2C1CCc1ccc(C(F)(F)F)cc1. The molecule has 0 spiro atoms. The number of alkyl halides is 3. The standard InChI is InChI=1S/C24H23Cl2F3N4O/c1-30-22(34)19(16-5-3-2-4-6-16)32-13-14-33-20(21(25)31-23(33)26)18(32)12-9-15-7-10-17(11-8-15)24(27,28)29/h2-8,10-11,18-19H,9,12-14H2,1H3,(H,30,34)/t18?,19-/m1/s1. The fourth-order valence-electron chi connectivity index (χ4n) is 4.51. The van der Waals surface area contributed by atoms with Gasteiger partial charge in [-0.2, -0.15) is 13.2 Å². The number of rotatable bonds is 6. The Bertz CT molecular complexity index is 1150. The maximum Gasteiger partial charge on any atom is 0.416 e. The summed E-state index contributed by atoms with van der Waals surface area (Å²) in [6, 6.07) is 13.6. The van der Waals surface area contributed by atoms with Crippen molar-refractivity contribution in [3.05, 3.63) is 87.4 Å². The summed E-state index contributed by atoms with van der Waals surface area (Å²) in [6.07, 6.45) is -3.40. The van der Waals surface area contributed by atoms with Gasteiger partial charge in [-0.25, -0.2) is 4.98 Å². The number of nitrogens with one attached hydrogen (secondary N) is 1. The Morgan fingerprint density at radius 2 is 1.79 bits per heavy atom. The summed E-state index contributed by atoms with van der Waals surface area (Å²) in [5, 5.41) is 3.28. The minimum Gasteiger partial charge on any atom is -0.358 e. The zero-order valence-electron chi connectivity index (χ0n) is 18.3. The van der Waals surface area contributed by atoms with Crippen molar-refractivity contribution < 1.29 is 18.0 Å². The molecule has 0 saturated carbocycles. The lowest BCUT2D eigenvalue weighted by atomic mass is 9.95. The van der Waals surface area contributed by atoms with Crippen LogP contribution in [0.1, 0.15) is 40.9 Å². The summed E-state index contributed by atoms with van der Waals surface area (Å²) in [5.74, 6) is -0.166. The molecule has 1 amide bonds. The molecule has 2 heterocycles. The Balaban J connectivity index is 1.68. The van der Waals surface area contributed by atoms with E-state index in [9.17, 15) is 18.0 Å². The Labute approximate surface area is 205 Å².